The molecule has 0 bridgehead atoms. The van der Waals surface area contributed by atoms with Crippen LogP contribution in [0.3, 0.4) is 0 Å². The molecule has 0 saturated carbocycles. The third-order valence-electron chi connectivity index (χ3n) is 3.89. The van der Waals surface area contributed by atoms with Gasteiger partial charge in [-0.25, -0.2) is 0 Å². The van der Waals surface area contributed by atoms with Crippen LogP contribution in [0.2, 0.25) is 0 Å². The van der Waals surface area contributed by atoms with E-state index in [9.17, 15) is 0 Å². The van der Waals surface area contributed by atoms with Gasteiger partial charge < -0.3 is 10.1 Å². The van der Waals surface area contributed by atoms with Crippen molar-refractivity contribution in [3.8, 4) is 0 Å². The highest BCUT2D eigenvalue weighted by Gasteiger charge is 2.33. The van der Waals surface area contributed by atoms with Crippen LogP contribution in [0.25, 0.3) is 0 Å². The molecule has 0 aliphatic carbocycles. The molecule has 1 fully saturated rings. The van der Waals surface area contributed by atoms with Gasteiger partial charge in [0.25, 0.3) is 0 Å². The van der Waals surface area contributed by atoms with Crippen molar-refractivity contribution in [2.24, 2.45) is 5.92 Å². The van der Waals surface area contributed by atoms with Crippen molar-refractivity contribution in [1.29, 1.82) is 0 Å². The predicted molar refractivity (Wildman–Crippen MR) is 73.5 cm³/mol. The summed E-state index contributed by atoms with van der Waals surface area (Å²) in [5.41, 5.74) is 2.64. The summed E-state index contributed by atoms with van der Waals surface area (Å²) < 4.78 is 5.73. The minimum Gasteiger partial charge on any atom is -0.378 e. The molecule has 2 heterocycles. The van der Waals surface area contributed by atoms with E-state index in [0.29, 0.717) is 18.1 Å². The molecule has 1 aliphatic heterocycles. The van der Waals surface area contributed by atoms with Gasteiger partial charge in [-0.05, 0) is 50.4 Å². The lowest BCUT2D eigenvalue weighted by Crippen LogP contribution is -2.33. The van der Waals surface area contributed by atoms with Gasteiger partial charge in [-0.1, -0.05) is 6.92 Å². The standard InChI is InChI=1S/C15H24N2O/c1-4-7-17-15(13-6-9-18-12(13)3)14-10-16-8-5-11(14)2/h5,8,10,12-13,15,17H,4,6-7,9H2,1-3H3. The van der Waals surface area contributed by atoms with E-state index in [1.165, 1.54) is 11.1 Å². The van der Waals surface area contributed by atoms with Crippen molar-refractivity contribution < 1.29 is 4.74 Å². The minimum absolute atomic E-state index is 0.332. The van der Waals surface area contributed by atoms with Gasteiger partial charge in [0.2, 0.25) is 0 Å². The Balaban J connectivity index is 2.21. The Kier molecular flexibility index (Phi) is 4.72. The van der Waals surface area contributed by atoms with E-state index in [-0.39, 0.29) is 0 Å². The fraction of sp³-hybridized carbons (Fsp3) is 0.667. The van der Waals surface area contributed by atoms with Crippen molar-refractivity contribution in [3.63, 3.8) is 0 Å². The van der Waals surface area contributed by atoms with E-state index < -0.39 is 0 Å². The summed E-state index contributed by atoms with van der Waals surface area (Å²) in [6.45, 7) is 8.48. The summed E-state index contributed by atoms with van der Waals surface area (Å²) in [5, 5.41) is 3.68. The molecule has 2 rings (SSSR count). The van der Waals surface area contributed by atoms with Crippen LogP contribution in [0.4, 0.5) is 0 Å². The summed E-state index contributed by atoms with van der Waals surface area (Å²) in [6.07, 6.45) is 6.49. The fourth-order valence-electron chi connectivity index (χ4n) is 2.78. The molecule has 1 N–H and O–H groups in total. The van der Waals surface area contributed by atoms with Crippen molar-refractivity contribution in [2.45, 2.75) is 45.8 Å². The molecule has 0 radical (unpaired) electrons. The largest absolute Gasteiger partial charge is 0.378 e. The lowest BCUT2D eigenvalue weighted by molar-refractivity contribution is 0.0952. The molecule has 0 amide bonds. The highest BCUT2D eigenvalue weighted by atomic mass is 16.5. The molecule has 1 aromatic rings. The Morgan fingerprint density at radius 1 is 1.56 bits per heavy atom. The second-order valence-electron chi connectivity index (χ2n) is 5.19. The molecule has 0 spiro atoms. The maximum atomic E-state index is 5.73. The normalized spacial score (nSPS) is 25.3. The average molecular weight is 248 g/mol. The van der Waals surface area contributed by atoms with E-state index in [1.807, 2.05) is 12.4 Å². The van der Waals surface area contributed by atoms with Crippen molar-refractivity contribution >= 4 is 0 Å². The summed E-state index contributed by atoms with van der Waals surface area (Å²) in [6, 6.07) is 2.47. The predicted octanol–water partition coefficient (Wildman–Crippen LogP) is 2.86. The van der Waals surface area contributed by atoms with E-state index >= 15 is 0 Å². The molecule has 1 aromatic heterocycles. The summed E-state index contributed by atoms with van der Waals surface area (Å²) in [5.74, 6) is 0.555. The van der Waals surface area contributed by atoms with Gasteiger partial charge in [0, 0.05) is 31.0 Å². The van der Waals surface area contributed by atoms with Crippen molar-refractivity contribution in [2.75, 3.05) is 13.2 Å². The van der Waals surface area contributed by atoms with Crippen molar-refractivity contribution in [1.82, 2.24) is 10.3 Å². The highest BCUT2D eigenvalue weighted by molar-refractivity contribution is 5.26. The number of nitrogens with zero attached hydrogens (tertiary/aromatic N) is 1. The van der Waals surface area contributed by atoms with Gasteiger partial charge in [0.1, 0.15) is 0 Å². The van der Waals surface area contributed by atoms with E-state index in [0.717, 1.165) is 26.0 Å². The first-order valence-corrected chi connectivity index (χ1v) is 6.99. The highest BCUT2D eigenvalue weighted by Crippen LogP contribution is 2.34. The van der Waals surface area contributed by atoms with Crippen LogP contribution >= 0.6 is 0 Å². The molecule has 1 aliphatic rings. The number of pyridine rings is 1. The Labute approximate surface area is 110 Å². The zero-order valence-corrected chi connectivity index (χ0v) is 11.6. The quantitative estimate of drug-likeness (QED) is 0.870. The zero-order chi connectivity index (χ0) is 13.0. The van der Waals surface area contributed by atoms with Gasteiger partial charge in [0.15, 0.2) is 0 Å². The summed E-state index contributed by atoms with van der Waals surface area (Å²) >= 11 is 0. The molecule has 1 saturated heterocycles. The van der Waals surface area contributed by atoms with Crippen LogP contribution in [0.15, 0.2) is 18.5 Å². The third kappa shape index (κ3) is 2.90. The van der Waals surface area contributed by atoms with E-state index in [1.54, 1.807) is 0 Å². The number of hydrogen-bond acceptors (Lipinski definition) is 3. The molecule has 3 unspecified atom stereocenters. The van der Waals surface area contributed by atoms with Gasteiger partial charge in [0.05, 0.1) is 6.10 Å². The molecular weight excluding hydrogens is 224 g/mol. The van der Waals surface area contributed by atoms with E-state index in [2.05, 4.69) is 37.1 Å². The number of ether oxygens (including phenoxy) is 1. The molecule has 3 nitrogen and oxygen atoms in total. The SMILES string of the molecule is CCCNC(c1cnccc1C)C1CCOC1C. The molecule has 100 valence electrons. The summed E-state index contributed by atoms with van der Waals surface area (Å²) in [7, 11) is 0. The Morgan fingerprint density at radius 2 is 2.39 bits per heavy atom. The van der Waals surface area contributed by atoms with Crippen LogP contribution in [-0.2, 0) is 4.74 Å². The third-order valence-corrected chi connectivity index (χ3v) is 3.89. The smallest absolute Gasteiger partial charge is 0.0594 e. The zero-order valence-electron chi connectivity index (χ0n) is 11.6. The monoisotopic (exact) mass is 248 g/mol. The number of nitrogens with one attached hydrogen (secondary N) is 1. The Morgan fingerprint density at radius 3 is 3.00 bits per heavy atom. The van der Waals surface area contributed by atoms with Crippen LogP contribution in [0.5, 0.6) is 0 Å². The topological polar surface area (TPSA) is 34.2 Å². The molecule has 3 heteroatoms. The van der Waals surface area contributed by atoms with E-state index in [4.69, 9.17) is 4.74 Å². The van der Waals surface area contributed by atoms with Crippen LogP contribution in [0.1, 0.15) is 43.9 Å². The van der Waals surface area contributed by atoms with Gasteiger partial charge in [-0.2, -0.15) is 0 Å². The van der Waals surface area contributed by atoms with Gasteiger partial charge in [-0.15, -0.1) is 0 Å². The molecule has 0 aromatic carbocycles. The second-order valence-corrected chi connectivity index (χ2v) is 5.19. The number of hydrogen-bond donors (Lipinski definition) is 1. The molecular formula is C15H24N2O. The number of aryl methyl sites for hydroxylation is 1. The molecule has 3 atom stereocenters. The van der Waals surface area contributed by atoms with Gasteiger partial charge >= 0.3 is 0 Å². The Hall–Kier alpha value is -0.930. The number of rotatable bonds is 5. The molecule has 18 heavy (non-hydrogen) atoms. The maximum Gasteiger partial charge on any atom is 0.0594 e. The number of aromatic nitrogens is 1. The van der Waals surface area contributed by atoms with Crippen molar-refractivity contribution in [3.05, 3.63) is 29.6 Å². The average Bonchev–Trinajstić information content (AvgIpc) is 2.78. The van der Waals surface area contributed by atoms with Crippen LogP contribution < -0.4 is 5.32 Å². The Bertz CT molecular complexity index is 381. The first-order chi connectivity index (χ1) is 8.74. The second kappa shape index (κ2) is 6.30. The van der Waals surface area contributed by atoms with Crippen LogP contribution in [-0.4, -0.2) is 24.2 Å². The fourth-order valence-corrected chi connectivity index (χ4v) is 2.78. The summed E-state index contributed by atoms with van der Waals surface area (Å²) in [4.78, 5) is 4.29. The lowest BCUT2D eigenvalue weighted by Gasteiger charge is -2.28. The maximum absolute atomic E-state index is 5.73. The van der Waals surface area contributed by atoms with Crippen LogP contribution in [0, 0.1) is 12.8 Å². The lowest BCUT2D eigenvalue weighted by atomic mass is 9.87. The minimum atomic E-state index is 0.332. The first kappa shape index (κ1) is 13.5. The van der Waals surface area contributed by atoms with Gasteiger partial charge in [-0.3, -0.25) is 4.98 Å². The first-order valence-electron chi connectivity index (χ1n) is 6.99.